The zero-order chi connectivity index (χ0) is 15.9. The zero-order valence-electron chi connectivity index (χ0n) is 11.8. The third kappa shape index (κ3) is 4.56. The highest BCUT2D eigenvalue weighted by atomic mass is 79.9. The van der Waals surface area contributed by atoms with Crippen LogP contribution >= 0.6 is 15.9 Å². The second-order valence-corrected chi connectivity index (χ2v) is 5.29. The van der Waals surface area contributed by atoms with Gasteiger partial charge in [-0.3, -0.25) is 0 Å². The molecule has 0 amide bonds. The van der Waals surface area contributed by atoms with Crippen LogP contribution in [0.15, 0.2) is 58.3 Å². The van der Waals surface area contributed by atoms with Gasteiger partial charge < -0.3 is 15.3 Å². The maximum absolute atomic E-state index is 11.8. The van der Waals surface area contributed by atoms with Crippen molar-refractivity contribution in [2.24, 2.45) is 10.9 Å². The minimum atomic E-state index is -0.808. The largest absolute Gasteiger partial charge is 0.479 e. The number of nitrogens with one attached hydrogen (secondary N) is 1. The van der Waals surface area contributed by atoms with Crippen molar-refractivity contribution in [3.8, 4) is 5.75 Å². The van der Waals surface area contributed by atoms with Crippen LogP contribution in [-0.4, -0.2) is 17.9 Å². The lowest BCUT2D eigenvalue weighted by Crippen LogP contribution is -2.28. The number of H-pyrrole nitrogens is 1. The number of hydrogen-bond acceptors (Lipinski definition) is 4. The quantitative estimate of drug-likeness (QED) is 0.379. The summed E-state index contributed by atoms with van der Waals surface area (Å²) in [5.74, 6) is -0.00687. The molecule has 0 aliphatic heterocycles. The normalized spacial score (nSPS) is 12.5. The Balaban J connectivity index is 1.92. The number of rotatable bonds is 5. The van der Waals surface area contributed by atoms with Gasteiger partial charge in [0.25, 0.3) is 0 Å². The van der Waals surface area contributed by atoms with Crippen LogP contribution < -0.4 is 15.5 Å². The van der Waals surface area contributed by atoms with Crippen LogP contribution in [0.4, 0.5) is 0 Å². The minimum Gasteiger partial charge on any atom is -0.479 e. The van der Waals surface area contributed by atoms with Crippen molar-refractivity contribution in [1.29, 1.82) is 0 Å². The lowest BCUT2D eigenvalue weighted by Gasteiger charge is -2.11. The molecular weight excluding hydrogens is 350 g/mol. The summed E-state index contributed by atoms with van der Waals surface area (Å²) in [6.45, 7) is 1.57. The molecule has 2 aromatic rings. The second kappa shape index (κ2) is 7.56. The molecule has 0 spiro atoms. The first-order chi connectivity index (χ1) is 10.6. The van der Waals surface area contributed by atoms with E-state index >= 15 is 0 Å². The number of pyridine rings is 1. The van der Waals surface area contributed by atoms with Crippen LogP contribution in [0.25, 0.3) is 0 Å². The Bertz CT molecular complexity index is 659. The van der Waals surface area contributed by atoms with E-state index in [9.17, 15) is 4.79 Å². The van der Waals surface area contributed by atoms with Crippen molar-refractivity contribution < 1.29 is 19.4 Å². The number of carbonyl (C=O) groups excluding carboxylic acids is 1. The number of ether oxygens (including phenoxy) is 1. The van der Waals surface area contributed by atoms with Gasteiger partial charge in [-0.25, -0.2) is 9.78 Å². The highest BCUT2D eigenvalue weighted by Gasteiger charge is 2.17. The third-order valence-corrected chi connectivity index (χ3v) is 3.21. The van der Waals surface area contributed by atoms with Gasteiger partial charge in [0, 0.05) is 16.6 Å². The Morgan fingerprint density at radius 3 is 2.64 bits per heavy atom. The molecule has 0 aliphatic carbocycles. The molecule has 22 heavy (non-hydrogen) atoms. The number of nitrogens with two attached hydrogens (primary N) is 1. The lowest BCUT2D eigenvalue weighted by atomic mass is 10.3. The van der Waals surface area contributed by atoms with E-state index in [4.69, 9.17) is 15.3 Å². The van der Waals surface area contributed by atoms with E-state index < -0.39 is 12.1 Å². The standard InChI is InChI=1S/C15H14BrN3O3/c1-10(21-12-7-5-11(16)6-8-12)15(20)22-19-14(17)13-4-2-3-9-18-13/h2-10H,1H3,(H2,17,19)/p+1/t10-/m0/s1. The van der Waals surface area contributed by atoms with Crippen molar-refractivity contribution in [2.75, 3.05) is 0 Å². The fraction of sp³-hybridized carbons (Fsp3) is 0.133. The minimum absolute atomic E-state index is 0.0739. The number of hydrogen-bond donors (Lipinski definition) is 1. The van der Waals surface area contributed by atoms with E-state index in [-0.39, 0.29) is 5.84 Å². The van der Waals surface area contributed by atoms with Crippen molar-refractivity contribution in [3.05, 3.63) is 58.8 Å². The Morgan fingerprint density at radius 2 is 2.00 bits per heavy atom. The van der Waals surface area contributed by atoms with Gasteiger partial charge in [0.1, 0.15) is 5.75 Å². The maximum atomic E-state index is 11.8. The molecule has 0 fully saturated rings. The molecule has 7 heteroatoms. The molecule has 0 aliphatic rings. The van der Waals surface area contributed by atoms with Crippen molar-refractivity contribution in [2.45, 2.75) is 13.0 Å². The molecule has 1 atom stereocenters. The van der Waals surface area contributed by atoms with Crippen LogP contribution in [0, 0.1) is 0 Å². The molecule has 6 nitrogen and oxygen atoms in total. The monoisotopic (exact) mass is 364 g/mol. The van der Waals surface area contributed by atoms with Gasteiger partial charge in [-0.05, 0) is 37.3 Å². The zero-order valence-corrected chi connectivity index (χ0v) is 13.4. The summed E-state index contributed by atoms with van der Waals surface area (Å²) >= 11 is 3.32. The molecule has 0 saturated carbocycles. The number of aromatic nitrogens is 1. The summed E-state index contributed by atoms with van der Waals surface area (Å²) in [5, 5.41) is 3.60. The van der Waals surface area contributed by atoms with Gasteiger partial charge in [0.05, 0.1) is 0 Å². The predicted molar refractivity (Wildman–Crippen MR) is 84.0 cm³/mol. The summed E-state index contributed by atoms with van der Waals surface area (Å²) in [5.41, 5.74) is 6.26. The molecule has 0 saturated heterocycles. The van der Waals surface area contributed by atoms with Crippen molar-refractivity contribution in [3.63, 3.8) is 0 Å². The number of carbonyl (C=O) groups is 1. The Labute approximate surface area is 136 Å². The van der Waals surface area contributed by atoms with Gasteiger partial charge in [-0.15, -0.1) is 0 Å². The van der Waals surface area contributed by atoms with Crippen molar-refractivity contribution in [1.82, 2.24) is 0 Å². The van der Waals surface area contributed by atoms with E-state index in [1.54, 1.807) is 43.5 Å². The molecule has 0 radical (unpaired) electrons. The molecule has 1 aromatic carbocycles. The molecule has 114 valence electrons. The van der Waals surface area contributed by atoms with E-state index in [0.717, 1.165) is 4.47 Å². The summed E-state index contributed by atoms with van der Waals surface area (Å²) in [7, 11) is 0. The van der Waals surface area contributed by atoms with Gasteiger partial charge in [0.2, 0.25) is 11.5 Å². The van der Waals surface area contributed by atoms with E-state index in [0.29, 0.717) is 11.4 Å². The van der Waals surface area contributed by atoms with E-state index in [2.05, 4.69) is 26.1 Å². The Hall–Kier alpha value is -2.41. The Morgan fingerprint density at radius 1 is 1.27 bits per heavy atom. The average Bonchev–Trinajstić information content (AvgIpc) is 2.55. The molecule has 1 aromatic heterocycles. The lowest BCUT2D eigenvalue weighted by molar-refractivity contribution is -0.380. The maximum Gasteiger partial charge on any atom is 0.374 e. The second-order valence-electron chi connectivity index (χ2n) is 4.38. The number of halogens is 1. The molecular formula is C15H15BrN3O3+. The van der Waals surface area contributed by atoms with E-state index in [1.807, 2.05) is 12.1 Å². The third-order valence-electron chi connectivity index (χ3n) is 2.68. The van der Waals surface area contributed by atoms with Crippen LogP contribution in [0.5, 0.6) is 5.75 Å². The van der Waals surface area contributed by atoms with Crippen LogP contribution in [0.2, 0.25) is 0 Å². The summed E-state index contributed by atoms with van der Waals surface area (Å²) in [6.07, 6.45) is 0.885. The SMILES string of the molecule is C[C@H](Oc1ccc(Br)cc1)C(=O)ON=C(N)c1cccc[nH+]1. The van der Waals surface area contributed by atoms with Crippen LogP contribution in [0.3, 0.4) is 0 Å². The molecule has 1 heterocycles. The molecule has 3 N–H and O–H groups in total. The number of amidine groups is 1. The number of nitrogens with zero attached hydrogens (tertiary/aromatic N) is 1. The summed E-state index contributed by atoms with van der Waals surface area (Å²) in [6, 6.07) is 12.4. The highest BCUT2D eigenvalue weighted by Crippen LogP contribution is 2.17. The smallest absolute Gasteiger partial charge is 0.374 e. The first kappa shape index (κ1) is 16.0. The van der Waals surface area contributed by atoms with Crippen LogP contribution in [-0.2, 0) is 9.63 Å². The first-order valence-corrected chi connectivity index (χ1v) is 7.29. The van der Waals surface area contributed by atoms with Crippen LogP contribution in [0.1, 0.15) is 12.6 Å². The van der Waals surface area contributed by atoms with Gasteiger partial charge in [-0.2, -0.15) is 0 Å². The number of benzene rings is 1. The van der Waals surface area contributed by atoms with Gasteiger partial charge >= 0.3 is 5.97 Å². The van der Waals surface area contributed by atoms with E-state index in [1.165, 1.54) is 0 Å². The summed E-state index contributed by atoms with van der Waals surface area (Å²) < 4.78 is 6.38. The fourth-order valence-corrected chi connectivity index (χ4v) is 1.80. The summed E-state index contributed by atoms with van der Waals surface area (Å²) in [4.78, 5) is 19.5. The molecule has 0 unspecified atom stereocenters. The van der Waals surface area contributed by atoms with Gasteiger partial charge in [-0.1, -0.05) is 21.1 Å². The number of aromatic amines is 1. The Kier molecular flexibility index (Phi) is 5.48. The molecule has 2 rings (SSSR count). The average molecular weight is 365 g/mol. The fourth-order valence-electron chi connectivity index (χ4n) is 1.54. The van der Waals surface area contributed by atoms with Crippen molar-refractivity contribution >= 4 is 27.7 Å². The topological polar surface area (TPSA) is 88.0 Å². The number of oxime groups is 1. The predicted octanol–water partition coefficient (Wildman–Crippen LogP) is 1.89. The molecule has 0 bridgehead atoms. The van der Waals surface area contributed by atoms with Gasteiger partial charge in [0.15, 0.2) is 12.3 Å². The highest BCUT2D eigenvalue weighted by molar-refractivity contribution is 9.10. The first-order valence-electron chi connectivity index (χ1n) is 6.50.